The summed E-state index contributed by atoms with van der Waals surface area (Å²) in [6.45, 7) is 7.41. The van der Waals surface area contributed by atoms with Crippen LogP contribution in [0.4, 0.5) is 4.79 Å². The minimum absolute atomic E-state index is 0.316. The van der Waals surface area contributed by atoms with Crippen LogP contribution in [0.5, 0.6) is 0 Å². The Kier molecular flexibility index (Phi) is 5.06. The summed E-state index contributed by atoms with van der Waals surface area (Å²) in [5.74, 6) is 0. The Hall–Kier alpha value is -0.770. The van der Waals surface area contributed by atoms with Gasteiger partial charge in [-0.1, -0.05) is 6.42 Å². The molecule has 0 radical (unpaired) electrons. The van der Waals surface area contributed by atoms with E-state index < -0.39 is 5.60 Å². The van der Waals surface area contributed by atoms with Crippen molar-refractivity contribution in [3.63, 3.8) is 0 Å². The Labute approximate surface area is 98.1 Å². The Bertz CT molecular complexity index is 218. The predicted molar refractivity (Wildman–Crippen MR) is 64.5 cm³/mol. The third kappa shape index (κ3) is 5.95. The quantitative estimate of drug-likeness (QED) is 0.777. The van der Waals surface area contributed by atoms with Gasteiger partial charge in [0.1, 0.15) is 5.60 Å². The largest absolute Gasteiger partial charge is 0.444 e. The molecule has 1 fully saturated rings. The van der Waals surface area contributed by atoms with Gasteiger partial charge >= 0.3 is 6.09 Å². The van der Waals surface area contributed by atoms with Crippen molar-refractivity contribution in [2.75, 3.05) is 13.1 Å². The van der Waals surface area contributed by atoms with Crippen LogP contribution in [-0.2, 0) is 4.74 Å². The van der Waals surface area contributed by atoms with E-state index in [1.165, 1.54) is 19.3 Å². The number of amides is 1. The van der Waals surface area contributed by atoms with Crippen molar-refractivity contribution in [1.29, 1.82) is 0 Å². The Morgan fingerprint density at radius 3 is 2.75 bits per heavy atom. The van der Waals surface area contributed by atoms with E-state index >= 15 is 0 Å². The van der Waals surface area contributed by atoms with Gasteiger partial charge in [0.25, 0.3) is 0 Å². The fraction of sp³-hybridized carbons (Fsp3) is 0.917. The summed E-state index contributed by atoms with van der Waals surface area (Å²) >= 11 is 0. The first-order valence-electron chi connectivity index (χ1n) is 6.17. The third-order valence-corrected chi connectivity index (χ3v) is 2.57. The maximum absolute atomic E-state index is 11.3. The molecule has 4 nitrogen and oxygen atoms in total. The van der Waals surface area contributed by atoms with Crippen LogP contribution in [0, 0.1) is 0 Å². The molecule has 0 aromatic heterocycles. The molecule has 1 amide bonds. The smallest absolute Gasteiger partial charge is 0.407 e. The number of hydrogen-bond acceptors (Lipinski definition) is 3. The summed E-state index contributed by atoms with van der Waals surface area (Å²) in [4.78, 5) is 11.3. The van der Waals surface area contributed by atoms with Crippen LogP contribution in [0.3, 0.4) is 0 Å². The zero-order chi connectivity index (χ0) is 12.0. The number of alkyl carbamates (subject to hydrolysis) is 1. The first-order valence-corrected chi connectivity index (χ1v) is 6.17. The molecule has 1 atom stereocenters. The lowest BCUT2D eigenvalue weighted by Gasteiger charge is -2.24. The normalized spacial score (nSPS) is 21.6. The topological polar surface area (TPSA) is 50.4 Å². The molecule has 0 aromatic carbocycles. The Morgan fingerprint density at radius 2 is 2.19 bits per heavy atom. The highest BCUT2D eigenvalue weighted by Gasteiger charge is 2.16. The van der Waals surface area contributed by atoms with E-state index in [1.807, 2.05) is 20.8 Å². The average molecular weight is 228 g/mol. The van der Waals surface area contributed by atoms with Gasteiger partial charge in [-0.2, -0.15) is 0 Å². The SMILES string of the molecule is CC(C)(C)OC(=O)NCC[C@@H]1CCCCN1. The van der Waals surface area contributed by atoms with E-state index in [9.17, 15) is 4.79 Å². The van der Waals surface area contributed by atoms with Gasteiger partial charge in [-0.15, -0.1) is 0 Å². The monoisotopic (exact) mass is 228 g/mol. The number of ether oxygens (including phenoxy) is 1. The highest BCUT2D eigenvalue weighted by atomic mass is 16.6. The maximum Gasteiger partial charge on any atom is 0.407 e. The van der Waals surface area contributed by atoms with Gasteiger partial charge in [0.05, 0.1) is 0 Å². The zero-order valence-electron chi connectivity index (χ0n) is 10.6. The van der Waals surface area contributed by atoms with E-state index in [1.54, 1.807) is 0 Å². The van der Waals surface area contributed by atoms with Gasteiger partial charge < -0.3 is 15.4 Å². The average Bonchev–Trinajstić information content (AvgIpc) is 2.16. The second kappa shape index (κ2) is 6.09. The van der Waals surface area contributed by atoms with Crippen LogP contribution in [0.25, 0.3) is 0 Å². The second-order valence-electron chi connectivity index (χ2n) is 5.36. The van der Waals surface area contributed by atoms with Crippen LogP contribution in [0.1, 0.15) is 46.5 Å². The molecule has 1 heterocycles. The van der Waals surface area contributed by atoms with Crippen LogP contribution in [0.2, 0.25) is 0 Å². The minimum Gasteiger partial charge on any atom is -0.444 e. The summed E-state index contributed by atoms with van der Waals surface area (Å²) in [5, 5.41) is 6.23. The summed E-state index contributed by atoms with van der Waals surface area (Å²) in [7, 11) is 0. The molecular weight excluding hydrogens is 204 g/mol. The van der Waals surface area contributed by atoms with Crippen molar-refractivity contribution in [2.24, 2.45) is 0 Å². The van der Waals surface area contributed by atoms with E-state index in [-0.39, 0.29) is 6.09 Å². The Morgan fingerprint density at radius 1 is 1.44 bits per heavy atom. The highest BCUT2D eigenvalue weighted by molar-refractivity contribution is 5.67. The summed E-state index contributed by atoms with van der Waals surface area (Å²) < 4.78 is 5.16. The van der Waals surface area contributed by atoms with Crippen LogP contribution in [-0.4, -0.2) is 30.8 Å². The molecule has 1 aliphatic rings. The number of piperidine rings is 1. The second-order valence-corrected chi connectivity index (χ2v) is 5.36. The van der Waals surface area contributed by atoms with E-state index in [0.29, 0.717) is 12.6 Å². The first-order chi connectivity index (χ1) is 7.47. The Balaban J connectivity index is 2.08. The molecule has 4 heteroatoms. The summed E-state index contributed by atoms with van der Waals surface area (Å²) in [6.07, 6.45) is 4.46. The molecule has 0 aliphatic carbocycles. The van der Waals surface area contributed by atoms with E-state index in [4.69, 9.17) is 4.74 Å². The van der Waals surface area contributed by atoms with E-state index in [0.717, 1.165) is 13.0 Å². The molecule has 2 N–H and O–H groups in total. The minimum atomic E-state index is -0.410. The number of hydrogen-bond donors (Lipinski definition) is 2. The lowest BCUT2D eigenvalue weighted by atomic mass is 10.0. The fourth-order valence-electron chi connectivity index (χ4n) is 1.83. The van der Waals surface area contributed by atoms with Crippen molar-refractivity contribution in [2.45, 2.75) is 58.1 Å². The number of carbonyl (C=O) groups excluding carboxylic acids is 1. The van der Waals surface area contributed by atoms with Gasteiger partial charge in [-0.05, 0) is 46.6 Å². The first kappa shape index (κ1) is 13.3. The van der Waals surface area contributed by atoms with Crippen molar-refractivity contribution in [3.05, 3.63) is 0 Å². The molecule has 0 aromatic rings. The molecule has 0 saturated carbocycles. The molecule has 0 bridgehead atoms. The van der Waals surface area contributed by atoms with Gasteiger partial charge in [-0.3, -0.25) is 0 Å². The molecule has 1 saturated heterocycles. The van der Waals surface area contributed by atoms with Crippen molar-refractivity contribution in [1.82, 2.24) is 10.6 Å². The molecule has 0 spiro atoms. The summed E-state index contributed by atoms with van der Waals surface area (Å²) in [6, 6.07) is 0.559. The fourth-order valence-corrected chi connectivity index (χ4v) is 1.83. The van der Waals surface area contributed by atoms with E-state index in [2.05, 4.69) is 10.6 Å². The number of nitrogens with one attached hydrogen (secondary N) is 2. The third-order valence-electron chi connectivity index (χ3n) is 2.57. The lowest BCUT2D eigenvalue weighted by Crippen LogP contribution is -2.38. The van der Waals surface area contributed by atoms with Crippen LogP contribution < -0.4 is 10.6 Å². The van der Waals surface area contributed by atoms with Crippen molar-refractivity contribution >= 4 is 6.09 Å². The van der Waals surface area contributed by atoms with Crippen LogP contribution >= 0.6 is 0 Å². The standard InChI is InChI=1S/C12H24N2O2/c1-12(2,3)16-11(15)14-9-7-10-6-4-5-8-13-10/h10,13H,4-9H2,1-3H3,(H,14,15)/t10-/m0/s1. The number of carbonyl (C=O) groups is 1. The molecule has 1 rings (SSSR count). The lowest BCUT2D eigenvalue weighted by molar-refractivity contribution is 0.0525. The molecular formula is C12H24N2O2. The van der Waals surface area contributed by atoms with Crippen molar-refractivity contribution in [3.8, 4) is 0 Å². The van der Waals surface area contributed by atoms with Gasteiger partial charge in [0, 0.05) is 12.6 Å². The van der Waals surface area contributed by atoms with Gasteiger partial charge in [0.15, 0.2) is 0 Å². The molecule has 16 heavy (non-hydrogen) atoms. The molecule has 1 aliphatic heterocycles. The van der Waals surface area contributed by atoms with Crippen molar-refractivity contribution < 1.29 is 9.53 Å². The van der Waals surface area contributed by atoms with Gasteiger partial charge in [-0.25, -0.2) is 4.79 Å². The molecule has 94 valence electrons. The molecule has 0 unspecified atom stereocenters. The van der Waals surface area contributed by atoms with Gasteiger partial charge in [0.2, 0.25) is 0 Å². The highest BCUT2D eigenvalue weighted by Crippen LogP contribution is 2.10. The maximum atomic E-state index is 11.3. The zero-order valence-corrected chi connectivity index (χ0v) is 10.6. The number of rotatable bonds is 3. The predicted octanol–water partition coefficient (Wildman–Crippen LogP) is 2.04. The van der Waals surface area contributed by atoms with Crippen LogP contribution in [0.15, 0.2) is 0 Å². The summed E-state index contributed by atoms with van der Waals surface area (Å²) in [5.41, 5.74) is -0.410.